The molecule has 0 saturated heterocycles. The van der Waals surface area contributed by atoms with E-state index in [1.54, 1.807) is 41.4 Å². The fraction of sp³-hybridized carbons (Fsp3) is 0.393. The number of carbonyl (C=O) groups is 2. The maximum absolute atomic E-state index is 12.5. The molecular weight excluding hydrogens is 482 g/mol. The molecule has 2 atom stereocenters. The Morgan fingerprint density at radius 1 is 1.24 bits per heavy atom. The number of aromatic nitrogens is 4. The third kappa shape index (κ3) is 6.11. The van der Waals surface area contributed by atoms with Crippen molar-refractivity contribution in [3.63, 3.8) is 0 Å². The zero-order chi connectivity index (χ0) is 27.4. The Bertz CT molecular complexity index is 1340. The van der Waals surface area contributed by atoms with Crippen LogP contribution in [0.5, 0.6) is 0 Å². The second-order valence-electron chi connectivity index (χ2n) is 10.3. The van der Waals surface area contributed by atoms with Crippen LogP contribution in [-0.2, 0) is 16.1 Å². The second-order valence-corrected chi connectivity index (χ2v) is 10.3. The van der Waals surface area contributed by atoms with Gasteiger partial charge in [0, 0.05) is 51.1 Å². The summed E-state index contributed by atoms with van der Waals surface area (Å²) in [5, 5.41) is 7.91. The van der Waals surface area contributed by atoms with Crippen molar-refractivity contribution in [2.45, 2.75) is 58.3 Å². The Balaban J connectivity index is 1.57. The first-order valence-electron chi connectivity index (χ1n) is 12.4. The number of nitrogens with zero attached hydrogens (tertiary/aromatic N) is 6. The number of terminal acetylenes is 1. The lowest BCUT2D eigenvalue weighted by molar-refractivity contribution is -0.116. The van der Waals surface area contributed by atoms with E-state index < -0.39 is 5.60 Å². The molecule has 1 aliphatic heterocycles. The number of ether oxygens (including phenoxy) is 1. The van der Waals surface area contributed by atoms with Gasteiger partial charge in [0.1, 0.15) is 11.4 Å². The van der Waals surface area contributed by atoms with E-state index >= 15 is 0 Å². The first-order chi connectivity index (χ1) is 18.1. The average Bonchev–Trinajstić information content (AvgIpc) is 3.35. The van der Waals surface area contributed by atoms with E-state index in [-0.39, 0.29) is 24.1 Å². The van der Waals surface area contributed by atoms with Gasteiger partial charge in [0.05, 0.1) is 36.7 Å². The Hall–Kier alpha value is -4.39. The molecule has 2 amide bonds. The predicted octanol–water partition coefficient (Wildman–Crippen LogP) is 4.12. The van der Waals surface area contributed by atoms with Gasteiger partial charge in [-0.05, 0) is 44.0 Å². The Morgan fingerprint density at radius 3 is 2.68 bits per heavy atom. The van der Waals surface area contributed by atoms with Crippen LogP contribution in [0.2, 0.25) is 0 Å². The molecule has 3 heterocycles. The molecule has 1 aromatic carbocycles. The number of fused-ring (bicyclic) bond motifs is 1. The zero-order valence-corrected chi connectivity index (χ0v) is 22.4. The van der Waals surface area contributed by atoms with Crippen molar-refractivity contribution in [2.75, 3.05) is 23.8 Å². The van der Waals surface area contributed by atoms with Crippen LogP contribution in [-0.4, -0.2) is 61.9 Å². The van der Waals surface area contributed by atoms with Gasteiger partial charge in [-0.15, -0.1) is 6.42 Å². The van der Waals surface area contributed by atoms with Crippen LogP contribution in [0.15, 0.2) is 49.2 Å². The number of amides is 2. The minimum atomic E-state index is -0.547. The van der Waals surface area contributed by atoms with Crippen LogP contribution >= 0.6 is 0 Å². The van der Waals surface area contributed by atoms with Gasteiger partial charge in [0.15, 0.2) is 0 Å². The molecule has 38 heavy (non-hydrogen) atoms. The maximum atomic E-state index is 12.5. The summed E-state index contributed by atoms with van der Waals surface area (Å²) in [4.78, 5) is 36.5. The number of hydrogen-bond donors (Lipinski definition) is 1. The topological polar surface area (TPSA) is 105 Å². The van der Waals surface area contributed by atoms with Gasteiger partial charge in [-0.1, -0.05) is 12.0 Å². The smallest absolute Gasteiger partial charge is 0.410 e. The maximum Gasteiger partial charge on any atom is 0.410 e. The Kier molecular flexibility index (Phi) is 7.67. The summed E-state index contributed by atoms with van der Waals surface area (Å²) in [6.45, 7) is 8.01. The van der Waals surface area contributed by atoms with Crippen LogP contribution in [0.4, 0.5) is 16.3 Å². The number of rotatable bonds is 6. The number of nitrogens with one attached hydrogen (secondary N) is 1. The number of carbonyl (C=O) groups excluding carboxylic acids is 2. The molecule has 10 heteroatoms. The van der Waals surface area contributed by atoms with Crippen molar-refractivity contribution in [1.82, 2.24) is 24.6 Å². The predicted molar refractivity (Wildman–Crippen MR) is 145 cm³/mol. The van der Waals surface area contributed by atoms with Gasteiger partial charge in [0.25, 0.3) is 0 Å². The van der Waals surface area contributed by atoms with Crippen LogP contribution in [0.25, 0.3) is 11.1 Å². The third-order valence-electron chi connectivity index (χ3n) is 6.19. The van der Waals surface area contributed by atoms with Crippen molar-refractivity contribution in [2.24, 2.45) is 0 Å². The quantitative estimate of drug-likeness (QED) is 0.492. The molecule has 1 aliphatic rings. The summed E-state index contributed by atoms with van der Waals surface area (Å²) in [6, 6.07) is 5.39. The number of benzene rings is 1. The molecule has 3 aromatic rings. The van der Waals surface area contributed by atoms with E-state index in [1.807, 2.05) is 39.1 Å². The first-order valence-corrected chi connectivity index (χ1v) is 12.4. The van der Waals surface area contributed by atoms with Crippen LogP contribution in [0.3, 0.4) is 0 Å². The Morgan fingerprint density at radius 2 is 2.03 bits per heavy atom. The second kappa shape index (κ2) is 10.9. The molecule has 2 unspecified atom stereocenters. The number of likely N-dealkylation sites (N-methyl/N-ethyl adjacent to an activating group) is 1. The summed E-state index contributed by atoms with van der Waals surface area (Å²) in [7, 11) is 1.70. The van der Waals surface area contributed by atoms with Crippen molar-refractivity contribution < 1.29 is 14.3 Å². The molecule has 10 nitrogen and oxygen atoms in total. The molecule has 0 fully saturated rings. The van der Waals surface area contributed by atoms with Crippen molar-refractivity contribution >= 4 is 23.5 Å². The summed E-state index contributed by atoms with van der Waals surface area (Å²) < 4.78 is 7.20. The molecule has 198 valence electrons. The highest BCUT2D eigenvalue weighted by atomic mass is 16.6. The molecule has 0 spiro atoms. The summed E-state index contributed by atoms with van der Waals surface area (Å²) in [5.74, 6) is 3.28. The van der Waals surface area contributed by atoms with E-state index in [0.717, 1.165) is 22.4 Å². The standard InChI is InChI=1S/C28H33N7O3/c1-7-22-15-24(32-26-17-29-10-11-30-26)23-14-20(8-9-25(23)35(22)19(2)36)21-16-31-34(18-21)13-12-33(6)27(37)38-28(3,4)5/h1,8-11,14,16-18,22,24H,12-13,15H2,2-6H3,(H,30,32). The summed E-state index contributed by atoms with van der Waals surface area (Å²) in [6.07, 6.45) is 14.6. The van der Waals surface area contributed by atoms with Gasteiger partial charge >= 0.3 is 6.09 Å². The van der Waals surface area contributed by atoms with Crippen LogP contribution in [0, 0.1) is 12.3 Å². The highest BCUT2D eigenvalue weighted by molar-refractivity contribution is 5.95. The van der Waals surface area contributed by atoms with Gasteiger partial charge in [-0.25, -0.2) is 9.78 Å². The van der Waals surface area contributed by atoms with Gasteiger partial charge in [0.2, 0.25) is 5.91 Å². The van der Waals surface area contributed by atoms with Crippen LogP contribution < -0.4 is 10.2 Å². The fourth-order valence-corrected chi connectivity index (χ4v) is 4.40. The summed E-state index contributed by atoms with van der Waals surface area (Å²) >= 11 is 0. The SMILES string of the molecule is C#CC1CC(Nc2cnccn2)c2cc(-c3cnn(CCN(C)C(=O)OC(C)(C)C)c3)ccc2N1C(C)=O. The van der Waals surface area contributed by atoms with Crippen molar-refractivity contribution in [1.29, 1.82) is 0 Å². The van der Waals surface area contributed by atoms with E-state index in [4.69, 9.17) is 11.2 Å². The molecule has 0 saturated carbocycles. The van der Waals surface area contributed by atoms with E-state index in [9.17, 15) is 9.59 Å². The minimum absolute atomic E-state index is 0.109. The molecule has 0 bridgehead atoms. The zero-order valence-electron chi connectivity index (χ0n) is 22.4. The lowest BCUT2D eigenvalue weighted by Gasteiger charge is -2.38. The normalized spacial score (nSPS) is 16.8. The van der Waals surface area contributed by atoms with Crippen molar-refractivity contribution in [3.8, 4) is 23.5 Å². The van der Waals surface area contributed by atoms with Gasteiger partial charge < -0.3 is 15.0 Å². The Labute approximate surface area is 223 Å². The first kappa shape index (κ1) is 26.7. The lowest BCUT2D eigenvalue weighted by atomic mass is 9.89. The van der Waals surface area contributed by atoms with Gasteiger partial charge in [-0.3, -0.25) is 19.4 Å². The monoisotopic (exact) mass is 515 g/mol. The molecule has 0 aliphatic carbocycles. The highest BCUT2D eigenvalue weighted by Gasteiger charge is 2.34. The third-order valence-corrected chi connectivity index (χ3v) is 6.19. The highest BCUT2D eigenvalue weighted by Crippen LogP contribution is 2.40. The average molecular weight is 516 g/mol. The van der Waals surface area contributed by atoms with Gasteiger partial charge in [-0.2, -0.15) is 5.10 Å². The van der Waals surface area contributed by atoms with Crippen molar-refractivity contribution in [3.05, 3.63) is 54.7 Å². The van der Waals surface area contributed by atoms with E-state index in [1.165, 1.54) is 11.8 Å². The number of hydrogen-bond acceptors (Lipinski definition) is 7. The molecule has 4 rings (SSSR count). The lowest BCUT2D eigenvalue weighted by Crippen LogP contribution is -2.44. The summed E-state index contributed by atoms with van der Waals surface area (Å²) in [5.41, 5.74) is 3.02. The van der Waals surface area contributed by atoms with E-state index in [2.05, 4.69) is 32.4 Å². The number of anilines is 2. The molecule has 2 aromatic heterocycles. The minimum Gasteiger partial charge on any atom is -0.444 e. The molecular formula is C28H33N7O3. The molecule has 0 radical (unpaired) electrons. The molecule has 1 N–H and O–H groups in total. The van der Waals surface area contributed by atoms with E-state index in [0.29, 0.717) is 25.3 Å². The van der Waals surface area contributed by atoms with Crippen LogP contribution in [0.1, 0.15) is 45.7 Å². The fourth-order valence-electron chi connectivity index (χ4n) is 4.40. The largest absolute Gasteiger partial charge is 0.444 e.